The summed E-state index contributed by atoms with van der Waals surface area (Å²) in [6, 6.07) is 7.81. The number of ether oxygens (including phenoxy) is 1. The first-order valence-electron chi connectivity index (χ1n) is 6.99. The zero-order valence-corrected chi connectivity index (χ0v) is 13.6. The van der Waals surface area contributed by atoms with Gasteiger partial charge in [-0.2, -0.15) is 0 Å². The second kappa shape index (κ2) is 5.69. The Kier molecular flexibility index (Phi) is 3.91. The molecule has 0 aromatic heterocycles. The molecule has 110 valence electrons. The normalized spacial score (nSPS) is 21.0. The molecule has 0 aliphatic carbocycles. The molecular weight excluding hydrogens is 304 g/mol. The van der Waals surface area contributed by atoms with Crippen LogP contribution in [0.15, 0.2) is 35.1 Å². The van der Waals surface area contributed by atoms with Crippen LogP contribution in [-0.2, 0) is 4.79 Å². The minimum Gasteiger partial charge on any atom is -0.437 e. The van der Waals surface area contributed by atoms with Crippen molar-refractivity contribution in [1.82, 2.24) is 4.90 Å². The lowest BCUT2D eigenvalue weighted by molar-refractivity contribution is -0.122. The number of carbonyl (C=O) groups excluding carboxylic acids is 1. The number of thioether (sulfide) groups is 1. The van der Waals surface area contributed by atoms with E-state index in [2.05, 4.69) is 0 Å². The van der Waals surface area contributed by atoms with Crippen LogP contribution < -0.4 is 9.64 Å². The maximum absolute atomic E-state index is 12.6. The Morgan fingerprint density at radius 2 is 2.00 bits per heavy atom. The van der Waals surface area contributed by atoms with Gasteiger partial charge < -0.3 is 9.64 Å². The van der Waals surface area contributed by atoms with Gasteiger partial charge >= 0.3 is 0 Å². The van der Waals surface area contributed by atoms with Crippen molar-refractivity contribution >= 4 is 39.9 Å². The molecule has 0 atom stereocenters. The standard InChI is InChI=1S/C15H16N2O2S2/c1-3-9-17-13(18)12(21-15(17)20)14-16(4-2)10-7-5-6-8-11(10)19-14/h5-8H,3-4,9H2,1-2H3. The molecule has 1 saturated heterocycles. The lowest BCUT2D eigenvalue weighted by Gasteiger charge is -2.17. The minimum absolute atomic E-state index is 0.0480. The lowest BCUT2D eigenvalue weighted by atomic mass is 10.3. The molecule has 6 heteroatoms. The van der Waals surface area contributed by atoms with Crippen LogP contribution in [0.3, 0.4) is 0 Å². The first kappa shape index (κ1) is 14.4. The summed E-state index contributed by atoms with van der Waals surface area (Å²) < 4.78 is 6.53. The van der Waals surface area contributed by atoms with E-state index < -0.39 is 0 Å². The largest absolute Gasteiger partial charge is 0.437 e. The van der Waals surface area contributed by atoms with Crippen molar-refractivity contribution in [2.75, 3.05) is 18.0 Å². The zero-order chi connectivity index (χ0) is 15.0. The van der Waals surface area contributed by atoms with Gasteiger partial charge in [0.25, 0.3) is 5.91 Å². The van der Waals surface area contributed by atoms with Crippen LogP contribution in [0.4, 0.5) is 5.69 Å². The van der Waals surface area contributed by atoms with Crippen molar-refractivity contribution in [2.24, 2.45) is 0 Å². The maximum Gasteiger partial charge on any atom is 0.271 e. The van der Waals surface area contributed by atoms with E-state index in [1.807, 2.05) is 43.0 Å². The molecule has 2 aliphatic rings. The number of para-hydroxylation sites is 2. The van der Waals surface area contributed by atoms with Gasteiger partial charge in [0.05, 0.1) is 5.69 Å². The second-order valence-electron chi connectivity index (χ2n) is 4.77. The zero-order valence-electron chi connectivity index (χ0n) is 12.0. The molecule has 2 heterocycles. The number of hydrogen-bond acceptors (Lipinski definition) is 5. The van der Waals surface area contributed by atoms with E-state index in [4.69, 9.17) is 17.0 Å². The van der Waals surface area contributed by atoms with Crippen molar-refractivity contribution in [2.45, 2.75) is 20.3 Å². The number of carbonyl (C=O) groups is 1. The molecule has 0 spiro atoms. The molecule has 0 unspecified atom stereocenters. The monoisotopic (exact) mass is 320 g/mol. The summed E-state index contributed by atoms with van der Waals surface area (Å²) >= 11 is 6.65. The van der Waals surface area contributed by atoms with Gasteiger partial charge in [0.15, 0.2) is 5.75 Å². The van der Waals surface area contributed by atoms with Crippen molar-refractivity contribution < 1.29 is 9.53 Å². The molecule has 0 saturated carbocycles. The number of anilines is 1. The number of fused-ring (bicyclic) bond motifs is 1. The third-order valence-electron chi connectivity index (χ3n) is 3.41. The Labute approximate surface area is 133 Å². The van der Waals surface area contributed by atoms with E-state index in [0.29, 0.717) is 21.7 Å². The molecule has 4 nitrogen and oxygen atoms in total. The molecular formula is C15H16N2O2S2. The Bertz CT molecular complexity index is 642. The molecule has 1 aromatic rings. The van der Waals surface area contributed by atoms with Crippen molar-refractivity contribution in [1.29, 1.82) is 0 Å². The maximum atomic E-state index is 12.6. The number of thiocarbonyl (C=S) groups is 1. The first-order valence-corrected chi connectivity index (χ1v) is 8.22. The molecule has 2 aliphatic heterocycles. The summed E-state index contributed by atoms with van der Waals surface area (Å²) in [7, 11) is 0. The van der Waals surface area contributed by atoms with Crippen molar-refractivity contribution in [3.8, 4) is 5.75 Å². The van der Waals surface area contributed by atoms with Crippen LogP contribution in [0.1, 0.15) is 20.3 Å². The number of benzene rings is 1. The van der Waals surface area contributed by atoms with Gasteiger partial charge in [-0.15, -0.1) is 0 Å². The van der Waals surface area contributed by atoms with Crippen LogP contribution >= 0.6 is 24.0 Å². The van der Waals surface area contributed by atoms with Gasteiger partial charge in [0.2, 0.25) is 5.88 Å². The Hall–Kier alpha value is -1.53. The predicted octanol–water partition coefficient (Wildman–Crippen LogP) is 3.34. The summed E-state index contributed by atoms with van der Waals surface area (Å²) in [6.07, 6.45) is 0.883. The molecule has 3 rings (SSSR count). The topological polar surface area (TPSA) is 32.8 Å². The SMILES string of the molecule is CCCN1C(=O)C(=C2Oc3ccccc3N2CC)SC1=S. The highest BCUT2D eigenvalue weighted by Crippen LogP contribution is 2.43. The van der Waals surface area contributed by atoms with Gasteiger partial charge in [-0.3, -0.25) is 9.69 Å². The first-order chi connectivity index (χ1) is 10.2. The smallest absolute Gasteiger partial charge is 0.271 e. The summed E-state index contributed by atoms with van der Waals surface area (Å²) in [5.41, 5.74) is 0.996. The van der Waals surface area contributed by atoms with E-state index in [9.17, 15) is 4.79 Å². The van der Waals surface area contributed by atoms with E-state index in [-0.39, 0.29) is 5.91 Å². The average Bonchev–Trinajstić information content (AvgIpc) is 2.99. The summed E-state index contributed by atoms with van der Waals surface area (Å²) in [5, 5.41) is 0. The predicted molar refractivity (Wildman–Crippen MR) is 89.3 cm³/mol. The Morgan fingerprint density at radius 3 is 2.71 bits per heavy atom. The van der Waals surface area contributed by atoms with E-state index in [1.165, 1.54) is 11.8 Å². The van der Waals surface area contributed by atoms with E-state index in [0.717, 1.165) is 24.4 Å². The summed E-state index contributed by atoms with van der Waals surface area (Å²) in [4.78, 5) is 16.8. The highest BCUT2D eigenvalue weighted by atomic mass is 32.2. The van der Waals surface area contributed by atoms with Crippen molar-refractivity contribution in [3.05, 3.63) is 35.1 Å². The van der Waals surface area contributed by atoms with Gasteiger partial charge in [-0.25, -0.2) is 0 Å². The van der Waals surface area contributed by atoms with Crippen LogP contribution in [0.5, 0.6) is 5.75 Å². The Morgan fingerprint density at radius 1 is 1.24 bits per heavy atom. The number of nitrogens with zero attached hydrogens (tertiary/aromatic N) is 2. The lowest BCUT2D eigenvalue weighted by Crippen LogP contribution is -2.30. The molecule has 0 N–H and O–H groups in total. The third-order valence-corrected chi connectivity index (χ3v) is 4.83. The molecule has 1 fully saturated rings. The summed E-state index contributed by atoms with van der Waals surface area (Å²) in [6.45, 7) is 5.47. The fourth-order valence-corrected chi connectivity index (χ4v) is 3.78. The van der Waals surface area contributed by atoms with Crippen LogP contribution in [0, 0.1) is 0 Å². The number of amides is 1. The molecule has 0 bridgehead atoms. The molecule has 1 aromatic carbocycles. The number of hydrogen-bond donors (Lipinski definition) is 0. The minimum atomic E-state index is -0.0480. The van der Waals surface area contributed by atoms with Gasteiger partial charge in [0.1, 0.15) is 9.23 Å². The van der Waals surface area contributed by atoms with Crippen LogP contribution in [0.2, 0.25) is 0 Å². The summed E-state index contributed by atoms with van der Waals surface area (Å²) in [5.74, 6) is 1.35. The molecule has 0 radical (unpaired) electrons. The van der Waals surface area contributed by atoms with Gasteiger partial charge in [-0.05, 0) is 37.2 Å². The average molecular weight is 320 g/mol. The fourth-order valence-electron chi connectivity index (χ4n) is 2.46. The van der Waals surface area contributed by atoms with Crippen LogP contribution in [0.25, 0.3) is 0 Å². The van der Waals surface area contributed by atoms with Gasteiger partial charge in [0, 0.05) is 13.1 Å². The number of rotatable bonds is 3. The highest BCUT2D eigenvalue weighted by molar-refractivity contribution is 8.26. The van der Waals surface area contributed by atoms with Gasteiger partial charge in [-0.1, -0.05) is 31.3 Å². The molecule has 1 amide bonds. The molecule has 21 heavy (non-hydrogen) atoms. The van der Waals surface area contributed by atoms with Crippen LogP contribution in [-0.4, -0.2) is 28.2 Å². The van der Waals surface area contributed by atoms with E-state index >= 15 is 0 Å². The Balaban J connectivity index is 2.01. The highest BCUT2D eigenvalue weighted by Gasteiger charge is 2.39. The fraction of sp³-hybridized carbons (Fsp3) is 0.333. The van der Waals surface area contributed by atoms with E-state index in [1.54, 1.807) is 4.90 Å². The third kappa shape index (κ3) is 2.32. The second-order valence-corrected chi connectivity index (χ2v) is 6.42. The quantitative estimate of drug-likeness (QED) is 0.630. The van der Waals surface area contributed by atoms with Crippen molar-refractivity contribution in [3.63, 3.8) is 0 Å².